The lowest BCUT2D eigenvalue weighted by Gasteiger charge is -2.25. The molecule has 25 heavy (non-hydrogen) atoms. The van der Waals surface area contributed by atoms with Gasteiger partial charge in [-0.25, -0.2) is 14.4 Å². The van der Waals surface area contributed by atoms with Gasteiger partial charge in [0.2, 0.25) is 0 Å². The highest BCUT2D eigenvalue weighted by Gasteiger charge is 2.15. The predicted octanol–water partition coefficient (Wildman–Crippen LogP) is 3.35. The van der Waals surface area contributed by atoms with Crippen LogP contribution in [-0.4, -0.2) is 41.4 Å². The summed E-state index contributed by atoms with van der Waals surface area (Å²) in [6.07, 6.45) is 4.08. The van der Waals surface area contributed by atoms with Crippen molar-refractivity contribution < 1.29 is 13.9 Å². The average Bonchev–Trinajstić information content (AvgIpc) is 2.64. The first kappa shape index (κ1) is 17.1. The lowest BCUT2D eigenvalue weighted by atomic mass is 10.1. The number of amidine groups is 1. The second kappa shape index (κ2) is 7.92. The summed E-state index contributed by atoms with van der Waals surface area (Å²) in [6.45, 7) is 1.15. The van der Waals surface area contributed by atoms with Crippen LogP contribution in [0.1, 0.15) is 24.8 Å². The molecule has 0 unspecified atom stereocenters. The van der Waals surface area contributed by atoms with E-state index in [0.717, 1.165) is 43.4 Å². The quantitative estimate of drug-likeness (QED) is 0.832. The summed E-state index contributed by atoms with van der Waals surface area (Å²) in [5.41, 5.74) is 0.859. The van der Waals surface area contributed by atoms with Gasteiger partial charge >= 0.3 is 6.01 Å². The molecule has 0 atom stereocenters. The van der Waals surface area contributed by atoms with Crippen molar-refractivity contribution in [1.82, 2.24) is 14.9 Å². The van der Waals surface area contributed by atoms with Gasteiger partial charge in [0.15, 0.2) is 11.6 Å². The lowest BCUT2D eigenvalue weighted by Crippen LogP contribution is -2.31. The molecule has 0 radical (unpaired) electrons. The van der Waals surface area contributed by atoms with Crippen molar-refractivity contribution in [3.8, 4) is 11.8 Å². The number of aliphatic imine (C=N–C) groups is 1. The van der Waals surface area contributed by atoms with E-state index in [4.69, 9.17) is 9.47 Å². The number of halogens is 1. The van der Waals surface area contributed by atoms with Crippen LogP contribution in [0.25, 0.3) is 0 Å². The number of piperidine rings is 1. The normalized spacial score (nSPS) is 16.1. The molecular weight excluding hydrogens is 323 g/mol. The van der Waals surface area contributed by atoms with Crippen molar-refractivity contribution in [2.45, 2.75) is 25.9 Å². The van der Waals surface area contributed by atoms with Crippen molar-refractivity contribution in [2.75, 3.05) is 20.7 Å². The Morgan fingerprint density at radius 1 is 1.28 bits per heavy atom. The molecule has 0 amide bonds. The number of methoxy groups -OCH3 is 1. The molecule has 1 fully saturated rings. The molecule has 6 nitrogen and oxygen atoms in total. The van der Waals surface area contributed by atoms with Crippen LogP contribution in [0.5, 0.6) is 11.8 Å². The van der Waals surface area contributed by atoms with Gasteiger partial charge in [0, 0.05) is 25.6 Å². The fraction of sp³-hybridized carbons (Fsp3) is 0.389. The van der Waals surface area contributed by atoms with Crippen LogP contribution in [0, 0.1) is 5.82 Å². The van der Waals surface area contributed by atoms with E-state index in [-0.39, 0.29) is 18.4 Å². The van der Waals surface area contributed by atoms with Gasteiger partial charge in [-0.2, -0.15) is 4.98 Å². The van der Waals surface area contributed by atoms with Crippen LogP contribution in [-0.2, 0) is 6.61 Å². The number of hydrogen-bond acceptors (Lipinski definition) is 5. The van der Waals surface area contributed by atoms with Crippen LogP contribution in [0.3, 0.4) is 0 Å². The smallest absolute Gasteiger partial charge is 0.318 e. The Morgan fingerprint density at radius 3 is 2.92 bits per heavy atom. The van der Waals surface area contributed by atoms with Crippen LogP contribution in [0.2, 0.25) is 0 Å². The van der Waals surface area contributed by atoms with E-state index < -0.39 is 5.82 Å². The van der Waals surface area contributed by atoms with Gasteiger partial charge in [-0.05, 0) is 18.9 Å². The van der Waals surface area contributed by atoms with Gasteiger partial charge in [-0.3, -0.25) is 0 Å². The maximum atomic E-state index is 14.0. The van der Waals surface area contributed by atoms with E-state index in [2.05, 4.69) is 15.0 Å². The Morgan fingerprint density at radius 2 is 2.12 bits per heavy atom. The molecule has 1 aromatic carbocycles. The molecule has 0 aliphatic carbocycles. The van der Waals surface area contributed by atoms with E-state index in [9.17, 15) is 4.39 Å². The third-order valence-electron chi connectivity index (χ3n) is 4.07. The van der Waals surface area contributed by atoms with Crippen molar-refractivity contribution >= 4 is 11.7 Å². The lowest BCUT2D eigenvalue weighted by molar-refractivity contribution is 0.273. The summed E-state index contributed by atoms with van der Waals surface area (Å²) in [4.78, 5) is 14.4. The Labute approximate surface area is 146 Å². The average molecular weight is 344 g/mol. The van der Waals surface area contributed by atoms with E-state index in [0.29, 0.717) is 5.75 Å². The zero-order chi connectivity index (χ0) is 17.6. The van der Waals surface area contributed by atoms with Gasteiger partial charge in [0.1, 0.15) is 18.2 Å². The second-order valence-corrected chi connectivity index (χ2v) is 5.83. The molecule has 7 heteroatoms. The van der Waals surface area contributed by atoms with Crippen LogP contribution >= 0.6 is 0 Å². The summed E-state index contributed by atoms with van der Waals surface area (Å²) in [7, 11) is 3.55. The standard InChI is InChI=1S/C18H21FN4O2/c1-23-10-6-5-9-16(23)21-17-14(19)11-20-18(22-17)25-12-13-7-3-4-8-15(13)24-2/h3-4,7-8,11H,5-6,9-10,12H2,1-2H3. The van der Waals surface area contributed by atoms with Crippen LogP contribution in [0.4, 0.5) is 10.2 Å². The molecule has 1 saturated heterocycles. The third-order valence-corrected chi connectivity index (χ3v) is 4.07. The number of aromatic nitrogens is 2. The van der Waals surface area contributed by atoms with Crippen LogP contribution in [0.15, 0.2) is 35.5 Å². The SMILES string of the molecule is COc1ccccc1COc1ncc(F)c(N=C2CCCCN2C)n1. The Balaban J connectivity index is 1.76. The summed E-state index contributed by atoms with van der Waals surface area (Å²) >= 11 is 0. The highest BCUT2D eigenvalue weighted by Crippen LogP contribution is 2.22. The number of para-hydroxylation sites is 1. The minimum absolute atomic E-state index is 0.00813. The van der Waals surface area contributed by atoms with Gasteiger partial charge in [-0.1, -0.05) is 18.2 Å². The fourth-order valence-corrected chi connectivity index (χ4v) is 2.67. The molecule has 132 valence electrons. The first-order chi connectivity index (χ1) is 12.2. The molecule has 2 aromatic rings. The van der Waals surface area contributed by atoms with Crippen molar-refractivity contribution in [3.63, 3.8) is 0 Å². The summed E-state index contributed by atoms with van der Waals surface area (Å²) in [5, 5.41) is 0. The highest BCUT2D eigenvalue weighted by atomic mass is 19.1. The number of benzene rings is 1. The van der Waals surface area contributed by atoms with E-state index in [1.165, 1.54) is 0 Å². The van der Waals surface area contributed by atoms with Gasteiger partial charge in [0.25, 0.3) is 0 Å². The van der Waals surface area contributed by atoms with Crippen LogP contribution < -0.4 is 9.47 Å². The maximum absolute atomic E-state index is 14.0. The molecule has 1 aromatic heterocycles. The third kappa shape index (κ3) is 4.23. The van der Waals surface area contributed by atoms with Gasteiger partial charge in [-0.15, -0.1) is 0 Å². The minimum atomic E-state index is -0.559. The van der Waals surface area contributed by atoms with E-state index in [1.54, 1.807) is 7.11 Å². The molecule has 0 N–H and O–H groups in total. The van der Waals surface area contributed by atoms with Crippen molar-refractivity contribution in [2.24, 2.45) is 4.99 Å². The van der Waals surface area contributed by atoms with E-state index in [1.807, 2.05) is 36.2 Å². The molecule has 0 bridgehead atoms. The first-order valence-electron chi connectivity index (χ1n) is 8.23. The number of hydrogen-bond donors (Lipinski definition) is 0. The highest BCUT2D eigenvalue weighted by molar-refractivity contribution is 5.84. The number of rotatable bonds is 5. The number of nitrogens with zero attached hydrogens (tertiary/aromatic N) is 4. The molecule has 2 heterocycles. The zero-order valence-corrected chi connectivity index (χ0v) is 14.4. The summed E-state index contributed by atoms with van der Waals surface area (Å²) < 4.78 is 24.9. The van der Waals surface area contributed by atoms with Gasteiger partial charge < -0.3 is 14.4 Å². The topological polar surface area (TPSA) is 59.8 Å². The number of ether oxygens (including phenoxy) is 2. The Bertz CT molecular complexity index is 766. The zero-order valence-electron chi connectivity index (χ0n) is 14.4. The van der Waals surface area contributed by atoms with Crippen molar-refractivity contribution in [3.05, 3.63) is 41.8 Å². The Hall–Kier alpha value is -2.70. The fourth-order valence-electron chi connectivity index (χ4n) is 2.67. The Kier molecular flexibility index (Phi) is 5.42. The number of likely N-dealkylation sites (tertiary alicyclic amines) is 1. The molecule has 1 aliphatic heterocycles. The monoisotopic (exact) mass is 344 g/mol. The maximum Gasteiger partial charge on any atom is 0.318 e. The van der Waals surface area contributed by atoms with Crippen molar-refractivity contribution in [1.29, 1.82) is 0 Å². The first-order valence-corrected chi connectivity index (χ1v) is 8.23. The second-order valence-electron chi connectivity index (χ2n) is 5.83. The molecular formula is C18H21FN4O2. The summed E-state index contributed by atoms with van der Waals surface area (Å²) in [6, 6.07) is 7.60. The molecule has 1 aliphatic rings. The molecule has 0 saturated carbocycles. The predicted molar refractivity (Wildman–Crippen MR) is 92.9 cm³/mol. The van der Waals surface area contributed by atoms with Gasteiger partial charge in [0.05, 0.1) is 13.3 Å². The van der Waals surface area contributed by atoms with E-state index >= 15 is 0 Å². The minimum Gasteiger partial charge on any atom is -0.496 e. The molecule has 0 spiro atoms. The largest absolute Gasteiger partial charge is 0.496 e. The molecule has 3 rings (SSSR count). The summed E-state index contributed by atoms with van der Waals surface area (Å²) in [5.74, 6) is 0.998.